The van der Waals surface area contributed by atoms with Gasteiger partial charge >= 0.3 is 5.97 Å². The topological polar surface area (TPSA) is 69.7 Å². The molecule has 7 heteroatoms. The highest BCUT2D eigenvalue weighted by atomic mass is 32.2. The number of carbonyl (C=O) groups excluding carboxylic acids is 1. The average Bonchev–Trinajstić information content (AvgIpc) is 2.46. The number of rotatable bonds is 5. The first kappa shape index (κ1) is 17.9. The Labute approximate surface area is 135 Å². The number of halogens is 1. The number of hydrogen-bond acceptors (Lipinski definition) is 5. The zero-order chi connectivity index (χ0) is 17.1. The van der Waals surface area contributed by atoms with Gasteiger partial charge in [0.1, 0.15) is 12.4 Å². The van der Waals surface area contributed by atoms with Gasteiger partial charge in [-0.1, -0.05) is 12.1 Å². The molecule has 1 aliphatic rings. The van der Waals surface area contributed by atoms with Crippen molar-refractivity contribution in [3.63, 3.8) is 0 Å². The van der Waals surface area contributed by atoms with Crippen molar-refractivity contribution in [1.29, 1.82) is 0 Å². The molecule has 1 fully saturated rings. The molecule has 5 nitrogen and oxygen atoms in total. The van der Waals surface area contributed by atoms with Gasteiger partial charge in [-0.3, -0.25) is 8.98 Å². The molecule has 0 aliphatic heterocycles. The summed E-state index contributed by atoms with van der Waals surface area (Å²) in [7, 11) is -3.49. The minimum absolute atomic E-state index is 0.194. The zero-order valence-corrected chi connectivity index (χ0v) is 14.1. The molecular weight excluding hydrogens is 323 g/mol. The summed E-state index contributed by atoms with van der Waals surface area (Å²) in [5, 5.41) is 0. The lowest BCUT2D eigenvalue weighted by atomic mass is 9.69. The highest BCUT2D eigenvalue weighted by Gasteiger charge is 2.39. The van der Waals surface area contributed by atoms with Crippen LogP contribution in [0.5, 0.6) is 0 Å². The number of esters is 1. The van der Waals surface area contributed by atoms with Gasteiger partial charge in [-0.2, -0.15) is 8.42 Å². The van der Waals surface area contributed by atoms with Crippen LogP contribution in [0.4, 0.5) is 4.39 Å². The van der Waals surface area contributed by atoms with E-state index in [9.17, 15) is 17.6 Å². The second kappa shape index (κ2) is 6.97. The molecule has 0 atom stereocenters. The van der Waals surface area contributed by atoms with E-state index in [1.54, 1.807) is 12.1 Å². The largest absolute Gasteiger partial charge is 0.465 e. The van der Waals surface area contributed by atoms with Crippen LogP contribution in [-0.2, 0) is 29.2 Å². The van der Waals surface area contributed by atoms with Crippen LogP contribution in [0.15, 0.2) is 24.3 Å². The maximum Gasteiger partial charge on any atom is 0.302 e. The molecule has 0 bridgehead atoms. The monoisotopic (exact) mass is 344 g/mol. The van der Waals surface area contributed by atoms with Crippen LogP contribution in [0.2, 0.25) is 0 Å². The summed E-state index contributed by atoms with van der Waals surface area (Å²) in [5.74, 6) is -0.702. The lowest BCUT2D eigenvalue weighted by Crippen LogP contribution is -2.39. The van der Waals surface area contributed by atoms with Crippen molar-refractivity contribution in [1.82, 2.24) is 0 Å². The van der Waals surface area contributed by atoms with Crippen molar-refractivity contribution < 1.29 is 26.5 Å². The molecule has 0 radical (unpaired) electrons. The quantitative estimate of drug-likeness (QED) is 0.606. The maximum absolute atomic E-state index is 13.2. The molecule has 1 aliphatic carbocycles. The van der Waals surface area contributed by atoms with Crippen LogP contribution in [0, 0.1) is 5.82 Å². The molecule has 0 N–H and O–H groups in total. The summed E-state index contributed by atoms with van der Waals surface area (Å²) >= 11 is 0. The van der Waals surface area contributed by atoms with Gasteiger partial charge in [-0.05, 0) is 43.4 Å². The summed E-state index contributed by atoms with van der Waals surface area (Å²) in [4.78, 5) is 11.2. The smallest absolute Gasteiger partial charge is 0.302 e. The van der Waals surface area contributed by atoms with E-state index in [-0.39, 0.29) is 24.5 Å². The molecule has 128 valence electrons. The van der Waals surface area contributed by atoms with E-state index >= 15 is 0 Å². The number of ether oxygens (including phenoxy) is 1. The van der Waals surface area contributed by atoms with Crippen LogP contribution in [-0.4, -0.2) is 33.4 Å². The zero-order valence-electron chi connectivity index (χ0n) is 13.2. The Balaban J connectivity index is 2.17. The molecule has 0 heterocycles. The first-order valence-electron chi connectivity index (χ1n) is 7.48. The van der Waals surface area contributed by atoms with Crippen molar-refractivity contribution in [2.24, 2.45) is 0 Å². The van der Waals surface area contributed by atoms with Gasteiger partial charge in [0.25, 0.3) is 10.1 Å². The van der Waals surface area contributed by atoms with E-state index in [1.165, 1.54) is 19.1 Å². The van der Waals surface area contributed by atoms with E-state index in [2.05, 4.69) is 0 Å². The van der Waals surface area contributed by atoms with Gasteiger partial charge in [0.15, 0.2) is 0 Å². The SMILES string of the molecule is CC(=O)OCC1(c2ccc(F)cc2)CCC(OS(C)(=O)=O)CC1. The molecule has 0 aromatic heterocycles. The van der Waals surface area contributed by atoms with E-state index in [4.69, 9.17) is 8.92 Å². The van der Waals surface area contributed by atoms with Crippen LogP contribution < -0.4 is 0 Å². The van der Waals surface area contributed by atoms with Crippen LogP contribution >= 0.6 is 0 Å². The molecule has 1 aromatic rings. The first-order chi connectivity index (χ1) is 10.7. The molecule has 0 amide bonds. The summed E-state index contributed by atoms with van der Waals surface area (Å²) in [6.45, 7) is 1.54. The van der Waals surface area contributed by atoms with E-state index in [1.807, 2.05) is 0 Å². The number of hydrogen-bond donors (Lipinski definition) is 0. The van der Waals surface area contributed by atoms with Crippen LogP contribution in [0.3, 0.4) is 0 Å². The fraction of sp³-hybridized carbons (Fsp3) is 0.562. The van der Waals surface area contributed by atoms with Crippen molar-refractivity contribution in [2.75, 3.05) is 12.9 Å². The Bertz CT molecular complexity index is 646. The number of carbonyl (C=O) groups is 1. The summed E-state index contributed by atoms with van der Waals surface area (Å²) < 4.78 is 45.9. The lowest BCUT2D eigenvalue weighted by Gasteiger charge is -2.39. The van der Waals surface area contributed by atoms with Gasteiger partial charge in [-0.25, -0.2) is 4.39 Å². The third-order valence-electron chi connectivity index (χ3n) is 4.21. The van der Waals surface area contributed by atoms with Crippen molar-refractivity contribution in [2.45, 2.75) is 44.1 Å². The summed E-state index contributed by atoms with van der Waals surface area (Å²) in [6.07, 6.45) is 2.94. The van der Waals surface area contributed by atoms with Crippen molar-refractivity contribution in [3.8, 4) is 0 Å². The molecule has 1 aromatic carbocycles. The Hall–Kier alpha value is -1.47. The fourth-order valence-electron chi connectivity index (χ4n) is 3.05. The van der Waals surface area contributed by atoms with E-state index < -0.39 is 15.5 Å². The molecule has 2 rings (SSSR count). The fourth-order valence-corrected chi connectivity index (χ4v) is 3.73. The van der Waals surface area contributed by atoms with E-state index in [0.29, 0.717) is 25.7 Å². The first-order valence-corrected chi connectivity index (χ1v) is 9.29. The Morgan fingerprint density at radius 1 is 1.26 bits per heavy atom. The molecule has 23 heavy (non-hydrogen) atoms. The summed E-state index contributed by atoms with van der Waals surface area (Å²) in [5.41, 5.74) is 0.453. The van der Waals surface area contributed by atoms with Gasteiger partial charge in [-0.15, -0.1) is 0 Å². The third kappa shape index (κ3) is 5.00. The molecule has 0 unspecified atom stereocenters. The Morgan fingerprint density at radius 3 is 2.30 bits per heavy atom. The van der Waals surface area contributed by atoms with Crippen LogP contribution in [0.25, 0.3) is 0 Å². The van der Waals surface area contributed by atoms with E-state index in [0.717, 1.165) is 11.8 Å². The number of benzene rings is 1. The average molecular weight is 344 g/mol. The normalized spacial score (nSPS) is 25.1. The van der Waals surface area contributed by atoms with Gasteiger partial charge in [0.05, 0.1) is 12.4 Å². The predicted octanol–water partition coefficient (Wildman–Crippen LogP) is 2.55. The summed E-state index contributed by atoms with van der Waals surface area (Å²) in [6, 6.07) is 6.14. The van der Waals surface area contributed by atoms with Crippen molar-refractivity contribution in [3.05, 3.63) is 35.6 Å². The minimum Gasteiger partial charge on any atom is -0.465 e. The minimum atomic E-state index is -3.49. The molecule has 1 saturated carbocycles. The lowest BCUT2D eigenvalue weighted by molar-refractivity contribution is -0.143. The third-order valence-corrected chi connectivity index (χ3v) is 4.83. The standard InChI is InChI=1S/C16H21FO5S/c1-12(18)21-11-16(13-3-5-14(17)6-4-13)9-7-15(8-10-16)22-23(2,19)20/h3-6,15H,7-11H2,1-2H3. The highest BCUT2D eigenvalue weighted by Crippen LogP contribution is 2.41. The Morgan fingerprint density at radius 2 is 1.83 bits per heavy atom. The van der Waals surface area contributed by atoms with Crippen molar-refractivity contribution >= 4 is 16.1 Å². The molecule has 0 spiro atoms. The molecule has 0 saturated heterocycles. The predicted molar refractivity (Wildman–Crippen MR) is 82.9 cm³/mol. The second-order valence-electron chi connectivity index (χ2n) is 6.07. The van der Waals surface area contributed by atoms with Gasteiger partial charge < -0.3 is 4.74 Å². The second-order valence-corrected chi connectivity index (χ2v) is 7.67. The van der Waals surface area contributed by atoms with Crippen LogP contribution in [0.1, 0.15) is 38.2 Å². The Kier molecular flexibility index (Phi) is 5.41. The van der Waals surface area contributed by atoms with Gasteiger partial charge in [0, 0.05) is 12.3 Å². The molecular formula is C16H21FO5S. The highest BCUT2D eigenvalue weighted by molar-refractivity contribution is 7.86. The van der Waals surface area contributed by atoms with Gasteiger partial charge in [0.2, 0.25) is 0 Å². The maximum atomic E-state index is 13.2.